The van der Waals surface area contributed by atoms with Crippen molar-refractivity contribution in [2.24, 2.45) is 0 Å². The van der Waals surface area contributed by atoms with Crippen LogP contribution in [0.15, 0.2) is 36.5 Å². The van der Waals surface area contributed by atoms with Gasteiger partial charge in [-0.15, -0.1) is 0 Å². The lowest BCUT2D eigenvalue weighted by Crippen LogP contribution is -2.31. The van der Waals surface area contributed by atoms with E-state index in [0.717, 1.165) is 4.68 Å². The fourth-order valence-corrected chi connectivity index (χ4v) is 2.07. The average molecular weight is 325 g/mol. The summed E-state index contributed by atoms with van der Waals surface area (Å²) in [7, 11) is 0. The summed E-state index contributed by atoms with van der Waals surface area (Å²) < 4.78 is 1.15. The Hall–Kier alpha value is -2.45. The minimum Gasteiger partial charge on any atom is -0.387 e. The number of aromatic nitrogens is 2. The van der Waals surface area contributed by atoms with Crippen molar-refractivity contribution in [1.29, 1.82) is 0 Å². The van der Waals surface area contributed by atoms with Crippen molar-refractivity contribution in [2.45, 2.75) is 12.6 Å². The van der Waals surface area contributed by atoms with Crippen molar-refractivity contribution in [1.82, 2.24) is 15.1 Å². The lowest BCUT2D eigenvalue weighted by molar-refractivity contribution is -0.389. The summed E-state index contributed by atoms with van der Waals surface area (Å²) in [5.41, 5.74) is 0.513. The number of halogens is 1. The Kier molecular flexibility index (Phi) is 5.08. The maximum atomic E-state index is 11.7. The summed E-state index contributed by atoms with van der Waals surface area (Å²) in [5, 5.41) is 27.0. The number of nitrogens with zero attached hydrogens (tertiary/aromatic N) is 3. The number of hydrogen-bond acceptors (Lipinski definition) is 5. The fourth-order valence-electron chi connectivity index (χ4n) is 1.81. The van der Waals surface area contributed by atoms with E-state index in [1.54, 1.807) is 24.3 Å². The van der Waals surface area contributed by atoms with Crippen LogP contribution in [0.4, 0.5) is 5.82 Å². The van der Waals surface area contributed by atoms with Crippen LogP contribution in [0.3, 0.4) is 0 Å². The molecule has 1 heterocycles. The zero-order valence-corrected chi connectivity index (χ0v) is 12.1. The maximum absolute atomic E-state index is 11.7. The molecule has 9 heteroatoms. The van der Waals surface area contributed by atoms with Crippen molar-refractivity contribution in [2.75, 3.05) is 6.54 Å². The number of benzene rings is 1. The number of rotatable bonds is 6. The van der Waals surface area contributed by atoms with Gasteiger partial charge in [0.05, 0.1) is 23.5 Å². The second kappa shape index (κ2) is 7.01. The number of carbonyl (C=O) groups excluding carboxylic acids is 1. The van der Waals surface area contributed by atoms with Gasteiger partial charge in [-0.25, -0.2) is 0 Å². The highest BCUT2D eigenvalue weighted by atomic mass is 35.5. The van der Waals surface area contributed by atoms with Crippen LogP contribution in [0.5, 0.6) is 0 Å². The van der Waals surface area contributed by atoms with Crippen LogP contribution in [0.25, 0.3) is 0 Å². The minimum absolute atomic E-state index is 0.0219. The first-order valence-corrected chi connectivity index (χ1v) is 6.72. The molecule has 1 aromatic carbocycles. The van der Waals surface area contributed by atoms with E-state index < -0.39 is 16.9 Å². The molecule has 1 unspecified atom stereocenters. The van der Waals surface area contributed by atoms with E-state index in [-0.39, 0.29) is 18.9 Å². The molecule has 2 aromatic rings. The predicted molar refractivity (Wildman–Crippen MR) is 78.3 cm³/mol. The number of hydrogen-bond donors (Lipinski definition) is 2. The number of amides is 1. The Balaban J connectivity index is 1.87. The Morgan fingerprint density at radius 1 is 1.45 bits per heavy atom. The van der Waals surface area contributed by atoms with Crippen molar-refractivity contribution >= 4 is 23.3 Å². The third kappa shape index (κ3) is 4.03. The lowest BCUT2D eigenvalue weighted by atomic mass is 10.1. The van der Waals surface area contributed by atoms with Gasteiger partial charge in [-0.3, -0.25) is 4.79 Å². The predicted octanol–water partition coefficient (Wildman–Crippen LogP) is 1.29. The van der Waals surface area contributed by atoms with Gasteiger partial charge in [-0.2, -0.15) is 4.68 Å². The van der Waals surface area contributed by atoms with E-state index in [1.165, 1.54) is 12.3 Å². The molecule has 0 aliphatic rings. The number of nitro groups is 1. The largest absolute Gasteiger partial charge is 0.389 e. The second-order valence-electron chi connectivity index (χ2n) is 4.47. The molecule has 0 aliphatic heterocycles. The molecule has 22 heavy (non-hydrogen) atoms. The zero-order valence-electron chi connectivity index (χ0n) is 11.3. The molecule has 2 rings (SSSR count). The first-order valence-electron chi connectivity index (χ1n) is 6.34. The first-order chi connectivity index (χ1) is 10.5. The summed E-state index contributed by atoms with van der Waals surface area (Å²) in [6.45, 7) is -0.199. The van der Waals surface area contributed by atoms with Crippen molar-refractivity contribution in [3.63, 3.8) is 0 Å². The number of aliphatic hydroxyl groups excluding tert-OH is 1. The molecule has 1 atom stereocenters. The fraction of sp³-hybridized carbons (Fsp3) is 0.231. The molecule has 1 aromatic heterocycles. The summed E-state index contributed by atoms with van der Waals surface area (Å²) >= 11 is 5.95. The van der Waals surface area contributed by atoms with E-state index in [1.807, 2.05) is 0 Å². The van der Waals surface area contributed by atoms with Crippen molar-refractivity contribution < 1.29 is 14.8 Å². The van der Waals surface area contributed by atoms with Gasteiger partial charge in [0.15, 0.2) is 0 Å². The number of carbonyl (C=O) groups is 1. The highest BCUT2D eigenvalue weighted by molar-refractivity contribution is 6.31. The molecule has 1 amide bonds. The van der Waals surface area contributed by atoms with E-state index >= 15 is 0 Å². The highest BCUT2D eigenvalue weighted by Gasteiger charge is 2.15. The maximum Gasteiger partial charge on any atom is 0.389 e. The molecule has 0 radical (unpaired) electrons. The molecule has 8 nitrogen and oxygen atoms in total. The van der Waals surface area contributed by atoms with Gasteiger partial charge in [0.25, 0.3) is 0 Å². The average Bonchev–Trinajstić information content (AvgIpc) is 2.94. The normalized spacial score (nSPS) is 11.9. The van der Waals surface area contributed by atoms with Gasteiger partial charge in [0.2, 0.25) is 5.91 Å². The van der Waals surface area contributed by atoms with Gasteiger partial charge in [-0.05, 0) is 11.0 Å². The molecular formula is C13H13ClN4O4. The molecule has 0 saturated carbocycles. The molecular weight excluding hydrogens is 312 g/mol. The highest BCUT2D eigenvalue weighted by Crippen LogP contribution is 2.21. The monoisotopic (exact) mass is 324 g/mol. The molecule has 0 saturated heterocycles. The number of aliphatic hydroxyl groups is 1. The Labute approximate surface area is 130 Å². The number of nitrogens with one attached hydrogen (secondary N) is 1. The van der Waals surface area contributed by atoms with Crippen LogP contribution in [0.1, 0.15) is 11.7 Å². The summed E-state index contributed by atoms with van der Waals surface area (Å²) in [6, 6.07) is 7.98. The Morgan fingerprint density at radius 2 is 2.18 bits per heavy atom. The Morgan fingerprint density at radius 3 is 2.82 bits per heavy atom. The van der Waals surface area contributed by atoms with Gasteiger partial charge < -0.3 is 20.5 Å². The topological polar surface area (TPSA) is 110 Å². The van der Waals surface area contributed by atoms with E-state index in [9.17, 15) is 20.0 Å². The zero-order chi connectivity index (χ0) is 16.1. The van der Waals surface area contributed by atoms with Gasteiger partial charge in [0, 0.05) is 17.1 Å². The summed E-state index contributed by atoms with van der Waals surface area (Å²) in [5.74, 6) is -0.756. The van der Waals surface area contributed by atoms with Crippen molar-refractivity contribution in [3.05, 3.63) is 57.2 Å². The second-order valence-corrected chi connectivity index (χ2v) is 4.88. The quantitative estimate of drug-likeness (QED) is 0.614. The van der Waals surface area contributed by atoms with Crippen LogP contribution >= 0.6 is 11.6 Å². The third-order valence-corrected chi connectivity index (χ3v) is 3.22. The standard InChI is InChI=1S/C13H13ClN4O4/c14-10-4-2-1-3-9(10)11(19)7-15-13(20)8-17-6-5-12(16-17)18(21)22/h1-6,11,19H,7-8H2,(H,15,20). The molecule has 0 aliphatic carbocycles. The molecule has 2 N–H and O–H groups in total. The summed E-state index contributed by atoms with van der Waals surface area (Å²) in [6.07, 6.45) is 0.395. The summed E-state index contributed by atoms with van der Waals surface area (Å²) in [4.78, 5) is 21.6. The lowest BCUT2D eigenvalue weighted by Gasteiger charge is -2.13. The van der Waals surface area contributed by atoms with E-state index in [2.05, 4.69) is 10.4 Å². The van der Waals surface area contributed by atoms with E-state index in [0.29, 0.717) is 10.6 Å². The van der Waals surface area contributed by atoms with Crippen LogP contribution < -0.4 is 5.32 Å². The van der Waals surface area contributed by atoms with Gasteiger partial charge in [0.1, 0.15) is 6.54 Å². The van der Waals surface area contributed by atoms with Crippen molar-refractivity contribution in [3.8, 4) is 0 Å². The van der Waals surface area contributed by atoms with Crippen LogP contribution in [-0.4, -0.2) is 32.3 Å². The molecule has 0 bridgehead atoms. The van der Waals surface area contributed by atoms with Crippen LogP contribution in [0, 0.1) is 10.1 Å². The van der Waals surface area contributed by atoms with E-state index in [4.69, 9.17) is 11.6 Å². The first kappa shape index (κ1) is 15.9. The van der Waals surface area contributed by atoms with Gasteiger partial charge >= 0.3 is 5.82 Å². The molecule has 0 spiro atoms. The van der Waals surface area contributed by atoms with Crippen LogP contribution in [-0.2, 0) is 11.3 Å². The smallest absolute Gasteiger partial charge is 0.387 e. The SMILES string of the molecule is O=C(Cn1ccc([N+](=O)[O-])n1)NCC(O)c1ccccc1Cl. The molecule has 116 valence electrons. The van der Waals surface area contributed by atoms with Crippen LogP contribution in [0.2, 0.25) is 5.02 Å². The molecule has 0 fully saturated rings. The minimum atomic E-state index is -0.940. The van der Waals surface area contributed by atoms with Gasteiger partial charge in [-0.1, -0.05) is 29.8 Å². The Bertz CT molecular complexity index is 688. The third-order valence-electron chi connectivity index (χ3n) is 2.88.